The monoisotopic (exact) mass is 428 g/mol. The van der Waals surface area contributed by atoms with Crippen molar-refractivity contribution in [3.63, 3.8) is 0 Å². The van der Waals surface area contributed by atoms with Gasteiger partial charge in [0.15, 0.2) is 11.6 Å². The molecule has 0 unspecified atom stereocenters. The second-order valence-corrected chi connectivity index (χ2v) is 7.21. The third-order valence-corrected chi connectivity index (χ3v) is 5.25. The molecule has 28 heavy (non-hydrogen) atoms. The van der Waals surface area contributed by atoms with Gasteiger partial charge in [-0.15, -0.1) is 0 Å². The quantitative estimate of drug-likeness (QED) is 0.716. The van der Waals surface area contributed by atoms with Gasteiger partial charge in [-0.3, -0.25) is 0 Å². The normalized spacial score (nSPS) is 18.7. The molecule has 0 aliphatic carbocycles. The average Bonchev–Trinajstić information content (AvgIpc) is 3.06. The van der Waals surface area contributed by atoms with Gasteiger partial charge in [-0.25, -0.2) is 19.1 Å². The van der Waals surface area contributed by atoms with E-state index in [9.17, 15) is 14.3 Å². The number of hydrogen-bond donors (Lipinski definition) is 2. The molecule has 2 aromatic rings. The topological polar surface area (TPSA) is 87.6 Å². The second-order valence-electron chi connectivity index (χ2n) is 6.39. The van der Waals surface area contributed by atoms with Gasteiger partial charge in [0.25, 0.3) is 0 Å². The highest BCUT2D eigenvalue weighted by Gasteiger charge is 2.40. The lowest BCUT2D eigenvalue weighted by atomic mass is 10.1. The van der Waals surface area contributed by atoms with E-state index >= 15 is 0 Å². The van der Waals surface area contributed by atoms with Crippen LogP contribution in [0, 0.1) is 5.82 Å². The number of halogens is 3. The largest absolute Gasteiger partial charge is 0.447 e. The van der Waals surface area contributed by atoms with Crippen LogP contribution in [0.25, 0.3) is 0 Å². The lowest BCUT2D eigenvalue weighted by Gasteiger charge is -2.24. The number of nitrogens with zero attached hydrogens (tertiary/aromatic N) is 3. The van der Waals surface area contributed by atoms with Crippen molar-refractivity contribution >= 4 is 41.1 Å². The maximum absolute atomic E-state index is 14.4. The number of rotatable bonds is 6. The maximum atomic E-state index is 14.4. The Balaban J connectivity index is 1.86. The Morgan fingerprint density at radius 2 is 2.18 bits per heavy atom. The molecule has 0 saturated carbocycles. The summed E-state index contributed by atoms with van der Waals surface area (Å²) < 4.78 is 19.4. The molecule has 3 rings (SSSR count). The van der Waals surface area contributed by atoms with Gasteiger partial charge in [0.1, 0.15) is 12.6 Å². The van der Waals surface area contributed by atoms with Gasteiger partial charge in [-0.05, 0) is 31.0 Å². The molecule has 0 bridgehead atoms. The van der Waals surface area contributed by atoms with Crippen LogP contribution >= 0.6 is 23.2 Å². The van der Waals surface area contributed by atoms with E-state index in [1.54, 1.807) is 25.1 Å². The number of aliphatic hydroxyl groups excluding tert-OH is 1. The number of amides is 1. The van der Waals surface area contributed by atoms with Crippen molar-refractivity contribution in [1.82, 2.24) is 9.97 Å². The van der Waals surface area contributed by atoms with Crippen molar-refractivity contribution in [3.8, 4) is 0 Å². The first-order valence-corrected chi connectivity index (χ1v) is 9.45. The number of anilines is 2. The number of nitrogens with one attached hydrogen (secondary N) is 1. The van der Waals surface area contributed by atoms with Crippen molar-refractivity contribution in [1.29, 1.82) is 0 Å². The minimum absolute atomic E-state index is 0.0419. The van der Waals surface area contributed by atoms with Gasteiger partial charge in [0, 0.05) is 0 Å². The van der Waals surface area contributed by atoms with Crippen LogP contribution in [0.15, 0.2) is 24.4 Å². The molecule has 1 aliphatic heterocycles. The van der Waals surface area contributed by atoms with E-state index in [2.05, 4.69) is 15.3 Å². The molecule has 7 nitrogen and oxygen atoms in total. The van der Waals surface area contributed by atoms with Gasteiger partial charge in [0.05, 0.1) is 28.4 Å². The van der Waals surface area contributed by atoms with Gasteiger partial charge in [0.2, 0.25) is 5.95 Å². The van der Waals surface area contributed by atoms with Gasteiger partial charge in [-0.1, -0.05) is 36.2 Å². The third kappa shape index (κ3) is 4.14. The summed E-state index contributed by atoms with van der Waals surface area (Å²) >= 11 is 12.0. The molecular weight excluding hydrogens is 410 g/mol. The van der Waals surface area contributed by atoms with Crippen LogP contribution in [0.1, 0.15) is 31.9 Å². The highest BCUT2D eigenvalue weighted by molar-refractivity contribution is 6.42. The molecule has 2 N–H and O–H groups in total. The summed E-state index contributed by atoms with van der Waals surface area (Å²) in [4.78, 5) is 21.2. The molecule has 1 amide bonds. The van der Waals surface area contributed by atoms with Crippen molar-refractivity contribution in [2.24, 2.45) is 0 Å². The van der Waals surface area contributed by atoms with Crippen LogP contribution in [0.5, 0.6) is 0 Å². The molecule has 10 heteroatoms. The number of aromatic nitrogens is 2. The molecule has 3 atom stereocenters. The van der Waals surface area contributed by atoms with Crippen molar-refractivity contribution in [2.75, 3.05) is 16.8 Å². The van der Waals surface area contributed by atoms with Crippen LogP contribution in [0.3, 0.4) is 0 Å². The summed E-state index contributed by atoms with van der Waals surface area (Å²) in [6.45, 7) is 3.56. The Bertz CT molecular complexity index is 886. The van der Waals surface area contributed by atoms with Crippen LogP contribution < -0.4 is 10.2 Å². The zero-order valence-corrected chi connectivity index (χ0v) is 16.7. The Morgan fingerprint density at radius 3 is 2.86 bits per heavy atom. The summed E-state index contributed by atoms with van der Waals surface area (Å²) in [6.07, 6.45) is -0.289. The smallest absolute Gasteiger partial charge is 0.416 e. The third-order valence-electron chi connectivity index (χ3n) is 4.51. The molecule has 1 fully saturated rings. The number of carbonyl (C=O) groups excluding carboxylic acids is 1. The van der Waals surface area contributed by atoms with Gasteiger partial charge >= 0.3 is 6.09 Å². The van der Waals surface area contributed by atoms with Crippen molar-refractivity contribution < 1.29 is 19.0 Å². The highest BCUT2D eigenvalue weighted by atomic mass is 35.5. The number of carbonyl (C=O) groups is 1. The number of hydrogen-bond acceptors (Lipinski definition) is 6. The van der Waals surface area contributed by atoms with Crippen LogP contribution in [-0.4, -0.2) is 39.9 Å². The average molecular weight is 429 g/mol. The molecule has 1 aliphatic rings. The predicted molar refractivity (Wildman–Crippen MR) is 104 cm³/mol. The van der Waals surface area contributed by atoms with E-state index in [4.69, 9.17) is 27.9 Å². The van der Waals surface area contributed by atoms with Crippen LogP contribution in [0.2, 0.25) is 10.0 Å². The molecule has 0 spiro atoms. The molecule has 2 heterocycles. The molecule has 0 radical (unpaired) electrons. The lowest BCUT2D eigenvalue weighted by Crippen LogP contribution is -2.43. The first-order valence-electron chi connectivity index (χ1n) is 8.69. The van der Waals surface area contributed by atoms with Crippen molar-refractivity contribution in [2.45, 2.75) is 38.5 Å². The molecule has 1 aromatic carbocycles. The number of benzene rings is 1. The zero-order valence-electron chi connectivity index (χ0n) is 15.2. The van der Waals surface area contributed by atoms with Gasteiger partial charge in [-0.2, -0.15) is 4.98 Å². The second kappa shape index (κ2) is 8.46. The standard InChI is InChI=1S/C18H19Cl2FN4O3/c1-3-15(26)14-8-28-18(27)25(14)16-13(21)7-22-17(24-16)23-9(2)10-4-5-11(19)12(20)6-10/h4-7,9,14-15,26H,3,8H2,1-2H3,(H,22,23,24)/t9-,14+,15+/m0/s1. The Hall–Kier alpha value is -2.16. The summed E-state index contributed by atoms with van der Waals surface area (Å²) in [5.41, 5.74) is 0.823. The summed E-state index contributed by atoms with van der Waals surface area (Å²) in [7, 11) is 0. The first-order chi connectivity index (χ1) is 13.3. The minimum atomic E-state index is -0.868. The molecular formula is C18H19Cl2FN4O3. The molecule has 150 valence electrons. The SMILES string of the molecule is CC[C@@H](O)[C@H]1COC(=O)N1c1nc(N[C@@H](C)c2ccc(Cl)c(Cl)c2)ncc1F. The minimum Gasteiger partial charge on any atom is -0.447 e. The summed E-state index contributed by atoms with van der Waals surface area (Å²) in [5.74, 6) is -0.932. The number of aliphatic hydroxyl groups is 1. The Labute approximate surface area is 171 Å². The fourth-order valence-corrected chi connectivity index (χ4v) is 3.20. The highest BCUT2D eigenvalue weighted by Crippen LogP contribution is 2.29. The molecule has 1 aromatic heterocycles. The van der Waals surface area contributed by atoms with E-state index in [-0.39, 0.29) is 24.4 Å². The first kappa shape index (κ1) is 20.6. The van der Waals surface area contributed by atoms with E-state index in [1.807, 2.05) is 6.92 Å². The summed E-state index contributed by atoms with van der Waals surface area (Å²) in [6, 6.07) is 4.18. The van der Waals surface area contributed by atoms with Crippen LogP contribution in [-0.2, 0) is 4.74 Å². The van der Waals surface area contributed by atoms with Crippen LogP contribution in [0.4, 0.5) is 21.0 Å². The van der Waals surface area contributed by atoms with E-state index in [0.717, 1.165) is 16.7 Å². The van der Waals surface area contributed by atoms with E-state index in [0.29, 0.717) is 16.5 Å². The van der Waals surface area contributed by atoms with Gasteiger partial charge < -0.3 is 15.2 Å². The predicted octanol–water partition coefficient (Wildman–Crippen LogP) is 4.19. The molecule has 1 saturated heterocycles. The zero-order chi connectivity index (χ0) is 20.4. The fraction of sp³-hybridized carbons (Fsp3) is 0.389. The van der Waals surface area contributed by atoms with Crippen molar-refractivity contribution in [3.05, 3.63) is 45.8 Å². The number of cyclic esters (lactones) is 1. The van der Waals surface area contributed by atoms with E-state index in [1.165, 1.54) is 0 Å². The number of ether oxygens (including phenoxy) is 1. The lowest BCUT2D eigenvalue weighted by molar-refractivity contribution is 0.125. The Kier molecular flexibility index (Phi) is 6.22. The van der Waals surface area contributed by atoms with E-state index < -0.39 is 24.1 Å². The summed E-state index contributed by atoms with van der Waals surface area (Å²) in [5, 5.41) is 14.0. The Morgan fingerprint density at radius 1 is 1.43 bits per heavy atom. The fourth-order valence-electron chi connectivity index (χ4n) is 2.89. The maximum Gasteiger partial charge on any atom is 0.416 e.